The van der Waals surface area contributed by atoms with Gasteiger partial charge in [0.1, 0.15) is 0 Å². The minimum atomic E-state index is -0.0163. The molecule has 142 valence electrons. The molecule has 0 bridgehead atoms. The van der Waals surface area contributed by atoms with Gasteiger partial charge < -0.3 is 0 Å². The summed E-state index contributed by atoms with van der Waals surface area (Å²) in [6, 6.07) is 32.9. The zero-order valence-electron chi connectivity index (χ0n) is 16.0. The second kappa shape index (κ2) is 7.88. The van der Waals surface area contributed by atoms with Crippen LogP contribution < -0.4 is 0 Å². The fourth-order valence-corrected chi connectivity index (χ4v) is 4.70. The van der Waals surface area contributed by atoms with Gasteiger partial charge in [-0.05, 0) is 29.5 Å². The highest BCUT2D eigenvalue weighted by Gasteiger charge is 2.46. The SMILES string of the molecule is c1ccc(CN2O[C@@H](c3ccccc3)N3CCC[C@H]3[C@H]2c2ccccc2)cc1. The molecule has 0 radical (unpaired) electrons. The molecule has 0 spiro atoms. The van der Waals surface area contributed by atoms with E-state index in [-0.39, 0.29) is 12.3 Å². The highest BCUT2D eigenvalue weighted by atomic mass is 16.7. The van der Waals surface area contributed by atoms with Crippen molar-refractivity contribution in [1.82, 2.24) is 9.96 Å². The van der Waals surface area contributed by atoms with Crippen molar-refractivity contribution in [2.75, 3.05) is 6.54 Å². The summed E-state index contributed by atoms with van der Waals surface area (Å²) in [5.41, 5.74) is 3.85. The summed E-state index contributed by atoms with van der Waals surface area (Å²) >= 11 is 0. The van der Waals surface area contributed by atoms with Gasteiger partial charge in [-0.25, -0.2) is 0 Å². The summed E-state index contributed by atoms with van der Waals surface area (Å²) in [6.07, 6.45) is 2.41. The molecule has 2 heterocycles. The van der Waals surface area contributed by atoms with E-state index in [9.17, 15) is 0 Å². The molecular weight excluding hydrogens is 344 g/mol. The second-order valence-electron chi connectivity index (χ2n) is 7.73. The van der Waals surface area contributed by atoms with Crippen molar-refractivity contribution < 1.29 is 4.84 Å². The van der Waals surface area contributed by atoms with Crippen molar-refractivity contribution in [1.29, 1.82) is 0 Å². The van der Waals surface area contributed by atoms with E-state index in [0.29, 0.717) is 6.04 Å². The molecule has 3 aromatic carbocycles. The number of rotatable bonds is 4. The van der Waals surface area contributed by atoms with Crippen LogP contribution in [0.4, 0.5) is 0 Å². The van der Waals surface area contributed by atoms with Gasteiger partial charge in [-0.15, -0.1) is 0 Å². The van der Waals surface area contributed by atoms with Crippen LogP contribution in [0.15, 0.2) is 91.0 Å². The summed E-state index contributed by atoms with van der Waals surface area (Å²) < 4.78 is 0. The zero-order valence-corrected chi connectivity index (χ0v) is 16.0. The molecule has 3 nitrogen and oxygen atoms in total. The molecule has 2 saturated heterocycles. The van der Waals surface area contributed by atoms with E-state index in [0.717, 1.165) is 13.1 Å². The van der Waals surface area contributed by atoms with Crippen LogP contribution in [0, 0.1) is 0 Å². The normalized spacial score (nSPS) is 25.5. The van der Waals surface area contributed by atoms with E-state index in [1.807, 2.05) is 0 Å². The average Bonchev–Trinajstić information content (AvgIpc) is 3.25. The van der Waals surface area contributed by atoms with Gasteiger partial charge >= 0.3 is 0 Å². The highest BCUT2D eigenvalue weighted by Crippen LogP contribution is 2.45. The van der Waals surface area contributed by atoms with Gasteiger partial charge in [0.25, 0.3) is 0 Å². The van der Waals surface area contributed by atoms with Crippen molar-refractivity contribution in [3.63, 3.8) is 0 Å². The summed E-state index contributed by atoms with van der Waals surface area (Å²) in [7, 11) is 0. The molecule has 0 aliphatic carbocycles. The molecule has 2 aliphatic heterocycles. The predicted octanol–water partition coefficient (Wildman–Crippen LogP) is 5.34. The van der Waals surface area contributed by atoms with Crippen LogP contribution in [0.3, 0.4) is 0 Å². The van der Waals surface area contributed by atoms with Gasteiger partial charge in [0.05, 0.1) is 6.04 Å². The largest absolute Gasteiger partial charge is 0.274 e. The van der Waals surface area contributed by atoms with E-state index in [1.165, 1.54) is 29.5 Å². The van der Waals surface area contributed by atoms with Crippen LogP contribution in [0.25, 0.3) is 0 Å². The van der Waals surface area contributed by atoms with E-state index < -0.39 is 0 Å². The van der Waals surface area contributed by atoms with Crippen molar-refractivity contribution in [3.8, 4) is 0 Å². The molecule has 2 fully saturated rings. The van der Waals surface area contributed by atoms with E-state index in [1.54, 1.807) is 0 Å². The van der Waals surface area contributed by atoms with E-state index >= 15 is 0 Å². The third kappa shape index (κ3) is 3.37. The van der Waals surface area contributed by atoms with Gasteiger partial charge in [0.15, 0.2) is 6.23 Å². The summed E-state index contributed by atoms with van der Waals surface area (Å²) in [6.45, 7) is 1.88. The first kappa shape index (κ1) is 17.6. The summed E-state index contributed by atoms with van der Waals surface area (Å²) in [4.78, 5) is 9.28. The number of nitrogens with zero attached hydrogens (tertiary/aromatic N) is 2. The smallest absolute Gasteiger partial charge is 0.158 e. The Hall–Kier alpha value is -2.46. The number of hydroxylamine groups is 2. The quantitative estimate of drug-likeness (QED) is 0.617. The van der Waals surface area contributed by atoms with Crippen molar-refractivity contribution in [3.05, 3.63) is 108 Å². The Morgan fingerprint density at radius 2 is 1.36 bits per heavy atom. The van der Waals surface area contributed by atoms with Crippen molar-refractivity contribution in [2.24, 2.45) is 0 Å². The van der Waals surface area contributed by atoms with Crippen LogP contribution in [0.5, 0.6) is 0 Å². The molecule has 0 N–H and O–H groups in total. The van der Waals surface area contributed by atoms with Gasteiger partial charge in [0, 0.05) is 19.1 Å². The van der Waals surface area contributed by atoms with Crippen LogP contribution >= 0.6 is 0 Å². The molecule has 5 rings (SSSR count). The van der Waals surface area contributed by atoms with Crippen LogP contribution in [0.1, 0.15) is 41.8 Å². The Kier molecular flexibility index (Phi) is 4.96. The predicted molar refractivity (Wildman–Crippen MR) is 111 cm³/mol. The van der Waals surface area contributed by atoms with E-state index in [4.69, 9.17) is 4.84 Å². The summed E-state index contributed by atoms with van der Waals surface area (Å²) in [5, 5.41) is 2.23. The molecule has 0 unspecified atom stereocenters. The first-order chi connectivity index (χ1) is 13.9. The maximum atomic E-state index is 6.72. The molecule has 0 saturated carbocycles. The zero-order chi connectivity index (χ0) is 18.8. The number of benzene rings is 3. The Bertz CT molecular complexity index is 884. The van der Waals surface area contributed by atoms with Crippen LogP contribution in [-0.4, -0.2) is 22.5 Å². The lowest BCUT2D eigenvalue weighted by atomic mass is 9.95. The lowest BCUT2D eigenvalue weighted by Gasteiger charge is -2.48. The van der Waals surface area contributed by atoms with Gasteiger partial charge in [-0.1, -0.05) is 91.0 Å². The lowest BCUT2D eigenvalue weighted by Crippen LogP contribution is -2.52. The molecule has 28 heavy (non-hydrogen) atoms. The Morgan fingerprint density at radius 3 is 2.04 bits per heavy atom. The number of hydrogen-bond acceptors (Lipinski definition) is 3. The van der Waals surface area contributed by atoms with E-state index in [2.05, 4.69) is 101 Å². The Balaban J connectivity index is 1.53. The second-order valence-corrected chi connectivity index (χ2v) is 7.73. The standard InChI is InChI=1S/C25H26N2O/c1-4-11-20(12-5-1)19-27-24(21-13-6-2-7-14-21)23-17-10-18-26(23)25(28-27)22-15-8-3-9-16-22/h1-9,11-16,23-25H,10,17-19H2/t23-,24+,25-/m0/s1. The maximum Gasteiger partial charge on any atom is 0.158 e. The first-order valence-corrected chi connectivity index (χ1v) is 10.2. The summed E-state index contributed by atoms with van der Waals surface area (Å²) in [5.74, 6) is 0. The molecule has 3 aromatic rings. The highest BCUT2D eigenvalue weighted by molar-refractivity contribution is 5.25. The lowest BCUT2D eigenvalue weighted by molar-refractivity contribution is -0.318. The monoisotopic (exact) mass is 370 g/mol. The Labute approximate surface area is 167 Å². The molecule has 0 amide bonds. The van der Waals surface area contributed by atoms with Gasteiger partial charge in [-0.2, -0.15) is 5.06 Å². The number of hydrogen-bond donors (Lipinski definition) is 0. The molecular formula is C25H26N2O. The van der Waals surface area contributed by atoms with Crippen molar-refractivity contribution >= 4 is 0 Å². The fourth-order valence-electron chi connectivity index (χ4n) is 4.70. The van der Waals surface area contributed by atoms with Gasteiger partial charge in [-0.3, -0.25) is 9.74 Å². The third-order valence-electron chi connectivity index (χ3n) is 5.96. The molecule has 3 atom stereocenters. The van der Waals surface area contributed by atoms with Crippen molar-refractivity contribution in [2.45, 2.75) is 37.7 Å². The van der Waals surface area contributed by atoms with Gasteiger partial charge in [0.2, 0.25) is 0 Å². The average molecular weight is 370 g/mol. The molecule has 3 heteroatoms. The van der Waals surface area contributed by atoms with Crippen LogP contribution in [-0.2, 0) is 11.4 Å². The van der Waals surface area contributed by atoms with Crippen LogP contribution in [0.2, 0.25) is 0 Å². The minimum Gasteiger partial charge on any atom is -0.274 e. The Morgan fingerprint density at radius 1 is 0.750 bits per heavy atom. The number of fused-ring (bicyclic) bond motifs is 1. The topological polar surface area (TPSA) is 15.7 Å². The maximum absolute atomic E-state index is 6.72. The molecule has 0 aromatic heterocycles. The fraction of sp³-hybridized carbons (Fsp3) is 0.280. The first-order valence-electron chi connectivity index (χ1n) is 10.2. The minimum absolute atomic E-state index is 0.0163. The third-order valence-corrected chi connectivity index (χ3v) is 5.96. The molecule has 2 aliphatic rings.